The van der Waals surface area contributed by atoms with Gasteiger partial charge in [0.15, 0.2) is 6.10 Å². The molecule has 0 saturated carbocycles. The van der Waals surface area contributed by atoms with Gasteiger partial charge in [-0.3, -0.25) is 14.4 Å². The molecule has 1 atom stereocenters. The van der Waals surface area contributed by atoms with Crippen LogP contribution in [0.2, 0.25) is 0 Å². The summed E-state index contributed by atoms with van der Waals surface area (Å²) in [5.41, 5.74) is 2.63. The summed E-state index contributed by atoms with van der Waals surface area (Å²) in [4.78, 5) is 36.5. The maximum atomic E-state index is 12.4. The number of amides is 1. The van der Waals surface area contributed by atoms with Crippen LogP contribution in [0.4, 0.5) is 5.69 Å². The van der Waals surface area contributed by atoms with Crippen molar-refractivity contribution in [2.45, 2.75) is 33.3 Å². The summed E-state index contributed by atoms with van der Waals surface area (Å²) in [6, 6.07) is 12.6. The molecule has 0 saturated heterocycles. The molecule has 1 aromatic heterocycles. The first-order valence-corrected chi connectivity index (χ1v) is 8.89. The highest BCUT2D eigenvalue weighted by Gasteiger charge is 2.20. The van der Waals surface area contributed by atoms with Crippen molar-refractivity contribution >= 4 is 28.3 Å². The van der Waals surface area contributed by atoms with Crippen molar-refractivity contribution in [3.63, 3.8) is 0 Å². The van der Waals surface area contributed by atoms with Crippen LogP contribution in [0.3, 0.4) is 0 Å². The fraction of sp³-hybridized carbons (Fsp3) is 0.238. The van der Waals surface area contributed by atoms with Crippen molar-refractivity contribution < 1.29 is 14.3 Å². The van der Waals surface area contributed by atoms with Crippen LogP contribution in [-0.4, -0.2) is 28.2 Å². The molecule has 0 fully saturated rings. The smallest absolute Gasteiger partial charge is 0.312 e. The van der Waals surface area contributed by atoms with Crippen LogP contribution < -0.4 is 10.9 Å². The molecule has 0 aliphatic heterocycles. The third-order valence-electron chi connectivity index (χ3n) is 4.49. The van der Waals surface area contributed by atoms with E-state index in [9.17, 15) is 14.4 Å². The number of aromatic amines is 1. The summed E-state index contributed by atoms with van der Waals surface area (Å²) in [6.45, 7) is 5.30. The lowest BCUT2D eigenvalue weighted by Crippen LogP contribution is -2.31. The Morgan fingerprint density at radius 1 is 1.07 bits per heavy atom. The summed E-state index contributed by atoms with van der Waals surface area (Å²) >= 11 is 0. The Bertz CT molecular complexity index is 1080. The second-order valence-electron chi connectivity index (χ2n) is 6.61. The van der Waals surface area contributed by atoms with Crippen LogP contribution >= 0.6 is 0 Å². The highest BCUT2D eigenvalue weighted by molar-refractivity contribution is 5.96. The number of nitrogens with one attached hydrogen (secondary N) is 2. The molecule has 1 heterocycles. The minimum Gasteiger partial charge on any atom is -0.452 e. The molecule has 1 amide bonds. The molecule has 144 valence electrons. The van der Waals surface area contributed by atoms with E-state index in [0.717, 1.165) is 11.1 Å². The monoisotopic (exact) mass is 379 g/mol. The lowest BCUT2D eigenvalue weighted by molar-refractivity contribution is -0.152. The molecule has 0 spiro atoms. The van der Waals surface area contributed by atoms with Gasteiger partial charge in [0, 0.05) is 11.1 Å². The van der Waals surface area contributed by atoms with Gasteiger partial charge in [-0.1, -0.05) is 36.4 Å². The predicted octanol–water partition coefficient (Wildman–Crippen LogP) is 2.65. The van der Waals surface area contributed by atoms with E-state index in [4.69, 9.17) is 4.74 Å². The number of hydrogen-bond donors (Lipinski definition) is 2. The van der Waals surface area contributed by atoms with Gasteiger partial charge in [-0.05, 0) is 38.0 Å². The summed E-state index contributed by atoms with van der Waals surface area (Å²) < 4.78 is 5.26. The van der Waals surface area contributed by atoms with Crippen molar-refractivity contribution in [1.29, 1.82) is 0 Å². The minimum atomic E-state index is -0.972. The van der Waals surface area contributed by atoms with Gasteiger partial charge in [-0.2, -0.15) is 5.10 Å². The number of para-hydroxylation sites is 1. The Hall–Kier alpha value is -3.48. The van der Waals surface area contributed by atoms with E-state index in [1.807, 2.05) is 32.0 Å². The lowest BCUT2D eigenvalue weighted by atomic mass is 10.1. The molecule has 0 unspecified atom stereocenters. The van der Waals surface area contributed by atoms with E-state index < -0.39 is 18.0 Å². The molecule has 0 aliphatic carbocycles. The largest absolute Gasteiger partial charge is 0.452 e. The number of fused-ring (bicyclic) bond motifs is 1. The zero-order valence-electron chi connectivity index (χ0n) is 15.9. The fourth-order valence-electron chi connectivity index (χ4n) is 2.97. The van der Waals surface area contributed by atoms with Crippen LogP contribution in [0.15, 0.2) is 47.3 Å². The SMILES string of the molecule is Cc1cccc(C)c1NC(=O)[C@H](C)OC(=O)Cc1n[nH]c(=O)c2ccccc12. The van der Waals surface area contributed by atoms with Crippen molar-refractivity contribution in [3.05, 3.63) is 69.6 Å². The number of carbonyl (C=O) groups is 2. The molecule has 3 aromatic rings. The fourth-order valence-corrected chi connectivity index (χ4v) is 2.97. The zero-order valence-corrected chi connectivity index (χ0v) is 15.9. The molecule has 7 nitrogen and oxygen atoms in total. The summed E-state index contributed by atoms with van der Waals surface area (Å²) in [5.74, 6) is -1.01. The third kappa shape index (κ3) is 4.09. The predicted molar refractivity (Wildman–Crippen MR) is 106 cm³/mol. The van der Waals surface area contributed by atoms with Gasteiger partial charge < -0.3 is 10.1 Å². The number of H-pyrrole nitrogens is 1. The Balaban J connectivity index is 1.69. The summed E-state index contributed by atoms with van der Waals surface area (Å²) in [5, 5.41) is 10.2. The molecular weight excluding hydrogens is 358 g/mol. The number of nitrogens with zero attached hydrogens (tertiary/aromatic N) is 1. The van der Waals surface area contributed by atoms with Crippen molar-refractivity contribution in [3.8, 4) is 0 Å². The number of carbonyl (C=O) groups excluding carboxylic acids is 2. The molecular formula is C21H21N3O4. The molecule has 0 bridgehead atoms. The molecule has 28 heavy (non-hydrogen) atoms. The number of aryl methyl sites for hydroxylation is 2. The summed E-state index contributed by atoms with van der Waals surface area (Å²) in [6.07, 6.45) is -1.13. The van der Waals surface area contributed by atoms with Crippen LogP contribution in [0.1, 0.15) is 23.7 Å². The van der Waals surface area contributed by atoms with Crippen LogP contribution in [-0.2, 0) is 20.7 Å². The highest BCUT2D eigenvalue weighted by Crippen LogP contribution is 2.20. The van der Waals surface area contributed by atoms with E-state index in [0.29, 0.717) is 22.2 Å². The van der Waals surface area contributed by atoms with Gasteiger partial charge in [0.05, 0.1) is 17.5 Å². The summed E-state index contributed by atoms with van der Waals surface area (Å²) in [7, 11) is 0. The first-order valence-electron chi connectivity index (χ1n) is 8.89. The number of rotatable bonds is 5. The van der Waals surface area contributed by atoms with Crippen molar-refractivity contribution in [2.24, 2.45) is 0 Å². The minimum absolute atomic E-state index is 0.154. The molecule has 3 rings (SSSR count). The van der Waals surface area contributed by atoms with E-state index >= 15 is 0 Å². The maximum absolute atomic E-state index is 12.4. The van der Waals surface area contributed by atoms with E-state index in [1.165, 1.54) is 6.92 Å². The topological polar surface area (TPSA) is 101 Å². The van der Waals surface area contributed by atoms with Gasteiger partial charge >= 0.3 is 5.97 Å². The quantitative estimate of drug-likeness (QED) is 0.664. The average Bonchev–Trinajstić information content (AvgIpc) is 2.67. The standard InChI is InChI=1S/C21H21N3O4/c1-12-7-6-8-13(2)19(12)22-20(26)14(3)28-18(25)11-17-15-9-4-5-10-16(15)21(27)24-23-17/h4-10,14H,11H2,1-3H3,(H,22,26)(H,24,27)/t14-/m0/s1. The Morgan fingerprint density at radius 2 is 1.71 bits per heavy atom. The van der Waals surface area contributed by atoms with Gasteiger partial charge in [-0.25, -0.2) is 5.10 Å². The van der Waals surface area contributed by atoms with E-state index in [2.05, 4.69) is 15.5 Å². The lowest BCUT2D eigenvalue weighted by Gasteiger charge is -2.16. The second kappa shape index (κ2) is 8.04. The number of benzene rings is 2. The maximum Gasteiger partial charge on any atom is 0.312 e. The Morgan fingerprint density at radius 3 is 2.39 bits per heavy atom. The molecule has 2 aromatic carbocycles. The normalized spacial score (nSPS) is 11.8. The molecule has 0 aliphatic rings. The van der Waals surface area contributed by atoms with Gasteiger partial charge in [0.25, 0.3) is 11.5 Å². The molecule has 7 heteroatoms. The van der Waals surface area contributed by atoms with Crippen LogP contribution in [0.25, 0.3) is 10.8 Å². The zero-order chi connectivity index (χ0) is 20.3. The third-order valence-corrected chi connectivity index (χ3v) is 4.49. The molecule has 0 radical (unpaired) electrons. The number of hydrogen-bond acceptors (Lipinski definition) is 5. The first kappa shape index (κ1) is 19.3. The number of aromatic nitrogens is 2. The number of esters is 1. The van der Waals surface area contributed by atoms with Gasteiger partial charge in [-0.15, -0.1) is 0 Å². The number of ether oxygens (including phenoxy) is 1. The van der Waals surface area contributed by atoms with Gasteiger partial charge in [0.2, 0.25) is 0 Å². The van der Waals surface area contributed by atoms with E-state index in [1.54, 1.807) is 24.3 Å². The highest BCUT2D eigenvalue weighted by atomic mass is 16.5. The van der Waals surface area contributed by atoms with Crippen molar-refractivity contribution in [1.82, 2.24) is 10.2 Å². The second-order valence-corrected chi connectivity index (χ2v) is 6.61. The molecule has 2 N–H and O–H groups in total. The first-order chi connectivity index (χ1) is 13.4. The Kier molecular flexibility index (Phi) is 5.54. The van der Waals surface area contributed by atoms with Crippen LogP contribution in [0, 0.1) is 13.8 Å². The van der Waals surface area contributed by atoms with Crippen LogP contribution in [0.5, 0.6) is 0 Å². The number of anilines is 1. The van der Waals surface area contributed by atoms with Crippen molar-refractivity contribution in [2.75, 3.05) is 5.32 Å². The average molecular weight is 379 g/mol. The van der Waals surface area contributed by atoms with Gasteiger partial charge in [0.1, 0.15) is 0 Å². The Labute approximate surface area is 161 Å². The van der Waals surface area contributed by atoms with E-state index in [-0.39, 0.29) is 12.0 Å².